The van der Waals surface area contributed by atoms with Crippen LogP contribution in [0.2, 0.25) is 0 Å². The third kappa shape index (κ3) is 3.44. The van der Waals surface area contributed by atoms with Gasteiger partial charge >= 0.3 is 0 Å². The molecule has 5 heteroatoms. The molecule has 0 heterocycles. The first-order chi connectivity index (χ1) is 9.51. The SMILES string of the molecule is C=CC(=O)N(C)Cc1ccc(NC(=O)[C@H]2C[C@H]2F)cc1. The van der Waals surface area contributed by atoms with Crippen LogP contribution in [-0.2, 0) is 16.1 Å². The molecule has 20 heavy (non-hydrogen) atoms. The number of carbonyl (C=O) groups excluding carboxylic acids is 2. The van der Waals surface area contributed by atoms with Crippen molar-refractivity contribution in [3.8, 4) is 0 Å². The lowest BCUT2D eigenvalue weighted by molar-refractivity contribution is -0.125. The summed E-state index contributed by atoms with van der Waals surface area (Å²) in [6, 6.07) is 7.13. The maximum absolute atomic E-state index is 12.7. The molecule has 0 unspecified atom stereocenters. The average Bonchev–Trinajstić information content (AvgIpc) is 3.17. The van der Waals surface area contributed by atoms with Crippen LogP contribution < -0.4 is 5.32 Å². The molecule has 1 aromatic rings. The van der Waals surface area contributed by atoms with Crippen molar-refractivity contribution in [1.29, 1.82) is 0 Å². The first-order valence-electron chi connectivity index (χ1n) is 6.42. The van der Waals surface area contributed by atoms with Crippen LogP contribution in [0.3, 0.4) is 0 Å². The molecule has 1 aromatic carbocycles. The van der Waals surface area contributed by atoms with Crippen molar-refractivity contribution in [2.45, 2.75) is 19.1 Å². The van der Waals surface area contributed by atoms with E-state index in [0.29, 0.717) is 18.7 Å². The molecule has 4 nitrogen and oxygen atoms in total. The van der Waals surface area contributed by atoms with Crippen molar-refractivity contribution in [1.82, 2.24) is 4.90 Å². The second-order valence-electron chi connectivity index (χ2n) is 4.94. The Balaban J connectivity index is 1.91. The molecule has 106 valence electrons. The molecule has 0 radical (unpaired) electrons. The normalized spacial score (nSPS) is 20.1. The number of anilines is 1. The Bertz CT molecular complexity index is 527. The van der Waals surface area contributed by atoms with Gasteiger partial charge in [-0.05, 0) is 30.2 Å². The highest BCUT2D eigenvalue weighted by molar-refractivity contribution is 5.94. The van der Waals surface area contributed by atoms with Gasteiger partial charge in [0.1, 0.15) is 6.17 Å². The summed E-state index contributed by atoms with van der Waals surface area (Å²) in [6.45, 7) is 3.90. The zero-order valence-corrected chi connectivity index (χ0v) is 11.3. The summed E-state index contributed by atoms with van der Waals surface area (Å²) in [5.74, 6) is -0.916. The van der Waals surface area contributed by atoms with Crippen LogP contribution in [0.25, 0.3) is 0 Å². The summed E-state index contributed by atoms with van der Waals surface area (Å²) >= 11 is 0. The van der Waals surface area contributed by atoms with Crippen LogP contribution in [0.15, 0.2) is 36.9 Å². The van der Waals surface area contributed by atoms with E-state index < -0.39 is 12.1 Å². The number of nitrogens with one attached hydrogen (secondary N) is 1. The van der Waals surface area contributed by atoms with Crippen LogP contribution in [-0.4, -0.2) is 29.9 Å². The minimum Gasteiger partial charge on any atom is -0.338 e. The van der Waals surface area contributed by atoms with Gasteiger partial charge in [-0.25, -0.2) is 4.39 Å². The van der Waals surface area contributed by atoms with Crippen molar-refractivity contribution in [3.63, 3.8) is 0 Å². The molecule has 2 atom stereocenters. The second-order valence-corrected chi connectivity index (χ2v) is 4.94. The topological polar surface area (TPSA) is 49.4 Å². The lowest BCUT2D eigenvalue weighted by Crippen LogP contribution is -2.23. The first kappa shape index (κ1) is 14.2. The standard InChI is InChI=1S/C15H17FN2O2/c1-3-14(19)18(2)9-10-4-6-11(7-5-10)17-15(20)12-8-13(12)16/h3-7,12-13H,1,8-9H2,2H3,(H,17,20)/t12-,13+/m0/s1. The summed E-state index contributed by atoms with van der Waals surface area (Å²) in [7, 11) is 1.69. The van der Waals surface area contributed by atoms with Crippen molar-refractivity contribution in [2.75, 3.05) is 12.4 Å². The lowest BCUT2D eigenvalue weighted by Gasteiger charge is -2.15. The number of amides is 2. The first-order valence-corrected chi connectivity index (χ1v) is 6.42. The molecule has 1 fully saturated rings. The molecule has 0 bridgehead atoms. The zero-order valence-electron chi connectivity index (χ0n) is 11.3. The summed E-state index contributed by atoms with van der Waals surface area (Å²) < 4.78 is 12.7. The van der Waals surface area contributed by atoms with Crippen molar-refractivity contribution >= 4 is 17.5 Å². The number of likely N-dealkylation sites (N-methyl/N-ethyl adjacent to an activating group) is 1. The fourth-order valence-electron chi connectivity index (χ4n) is 1.87. The summed E-state index contributed by atoms with van der Waals surface area (Å²) in [6.07, 6.45) is 0.587. The van der Waals surface area contributed by atoms with E-state index in [0.717, 1.165) is 5.56 Å². The van der Waals surface area contributed by atoms with Crippen molar-refractivity contribution in [2.24, 2.45) is 5.92 Å². The van der Waals surface area contributed by atoms with Crippen molar-refractivity contribution < 1.29 is 14.0 Å². The number of rotatable bonds is 5. The summed E-state index contributed by atoms with van der Waals surface area (Å²) in [4.78, 5) is 24.5. The third-order valence-electron chi connectivity index (χ3n) is 3.24. The predicted molar refractivity (Wildman–Crippen MR) is 74.7 cm³/mol. The number of carbonyl (C=O) groups is 2. The Morgan fingerprint density at radius 2 is 2.05 bits per heavy atom. The molecule has 2 amide bonds. The Morgan fingerprint density at radius 1 is 1.45 bits per heavy atom. The summed E-state index contributed by atoms with van der Waals surface area (Å²) in [5, 5.41) is 2.67. The number of benzene rings is 1. The Kier molecular flexibility index (Phi) is 4.17. The number of nitrogens with zero attached hydrogens (tertiary/aromatic N) is 1. The molecular formula is C15H17FN2O2. The Labute approximate surface area is 117 Å². The van der Waals surface area contributed by atoms with Gasteiger partial charge in [-0.15, -0.1) is 0 Å². The van der Waals surface area contributed by atoms with E-state index in [1.807, 2.05) is 12.1 Å². The van der Waals surface area contributed by atoms with E-state index in [1.165, 1.54) is 6.08 Å². The van der Waals surface area contributed by atoms with Gasteiger partial charge in [0.05, 0.1) is 5.92 Å². The highest BCUT2D eigenvalue weighted by Gasteiger charge is 2.43. The largest absolute Gasteiger partial charge is 0.338 e. The zero-order chi connectivity index (χ0) is 14.7. The third-order valence-corrected chi connectivity index (χ3v) is 3.24. The average molecular weight is 276 g/mol. The van der Waals surface area contributed by atoms with Gasteiger partial charge in [0.25, 0.3) is 0 Å². The highest BCUT2D eigenvalue weighted by atomic mass is 19.1. The fraction of sp³-hybridized carbons (Fsp3) is 0.333. The fourth-order valence-corrected chi connectivity index (χ4v) is 1.87. The van der Waals surface area contributed by atoms with Crippen LogP contribution in [0, 0.1) is 5.92 Å². The van der Waals surface area contributed by atoms with Crippen LogP contribution in [0.5, 0.6) is 0 Å². The molecule has 1 N–H and O–H groups in total. The Morgan fingerprint density at radius 3 is 2.55 bits per heavy atom. The maximum atomic E-state index is 12.7. The quantitative estimate of drug-likeness (QED) is 0.838. The molecule has 2 rings (SSSR count). The predicted octanol–water partition coefficient (Wildman–Crippen LogP) is 2.13. The number of hydrogen-bond acceptors (Lipinski definition) is 2. The van der Waals surface area contributed by atoms with Gasteiger partial charge in [-0.3, -0.25) is 9.59 Å². The molecule has 0 aliphatic heterocycles. The number of halogens is 1. The number of alkyl halides is 1. The summed E-state index contributed by atoms with van der Waals surface area (Å²) in [5.41, 5.74) is 1.58. The van der Waals surface area contributed by atoms with Gasteiger partial charge in [0.2, 0.25) is 11.8 Å². The minimum absolute atomic E-state index is 0.148. The van der Waals surface area contributed by atoms with Gasteiger partial charge < -0.3 is 10.2 Å². The van der Waals surface area contributed by atoms with E-state index in [1.54, 1.807) is 24.1 Å². The molecule has 1 aliphatic carbocycles. The molecule has 1 saturated carbocycles. The van der Waals surface area contributed by atoms with E-state index in [2.05, 4.69) is 11.9 Å². The van der Waals surface area contributed by atoms with E-state index in [9.17, 15) is 14.0 Å². The Hall–Kier alpha value is -2.17. The minimum atomic E-state index is -0.993. The van der Waals surface area contributed by atoms with E-state index in [4.69, 9.17) is 0 Å². The molecule has 1 aliphatic rings. The van der Waals surface area contributed by atoms with E-state index in [-0.39, 0.29) is 11.8 Å². The smallest absolute Gasteiger partial charge is 0.245 e. The second kappa shape index (κ2) is 5.86. The van der Waals surface area contributed by atoms with Crippen LogP contribution in [0.4, 0.5) is 10.1 Å². The maximum Gasteiger partial charge on any atom is 0.245 e. The van der Waals surface area contributed by atoms with Gasteiger partial charge in [0.15, 0.2) is 0 Å². The van der Waals surface area contributed by atoms with Gasteiger partial charge in [-0.1, -0.05) is 18.7 Å². The number of hydrogen-bond donors (Lipinski definition) is 1. The van der Waals surface area contributed by atoms with Gasteiger partial charge in [0, 0.05) is 19.3 Å². The van der Waals surface area contributed by atoms with Gasteiger partial charge in [-0.2, -0.15) is 0 Å². The monoisotopic (exact) mass is 276 g/mol. The van der Waals surface area contributed by atoms with E-state index >= 15 is 0 Å². The molecule has 0 aromatic heterocycles. The van der Waals surface area contributed by atoms with Crippen molar-refractivity contribution in [3.05, 3.63) is 42.5 Å². The van der Waals surface area contributed by atoms with Crippen LogP contribution >= 0.6 is 0 Å². The lowest BCUT2D eigenvalue weighted by atomic mass is 10.2. The van der Waals surface area contributed by atoms with Crippen LogP contribution in [0.1, 0.15) is 12.0 Å². The molecular weight excluding hydrogens is 259 g/mol. The molecule has 0 spiro atoms. The highest BCUT2D eigenvalue weighted by Crippen LogP contribution is 2.34. The molecule has 0 saturated heterocycles.